The number of oxazole rings is 1. The summed E-state index contributed by atoms with van der Waals surface area (Å²) in [5, 5.41) is 2.94. The maximum Gasteiger partial charge on any atom is 0.411 e. The number of amides is 2. The van der Waals surface area contributed by atoms with Crippen LogP contribution in [0.15, 0.2) is 46.9 Å². The molecule has 1 aromatic heterocycles. The van der Waals surface area contributed by atoms with Gasteiger partial charge in [0.2, 0.25) is 5.89 Å². The van der Waals surface area contributed by atoms with Crippen LogP contribution in [0.5, 0.6) is 5.88 Å². The fourth-order valence-corrected chi connectivity index (χ4v) is 3.38. The number of aromatic nitrogens is 1. The second kappa shape index (κ2) is 9.25. The van der Waals surface area contributed by atoms with E-state index in [1.165, 1.54) is 18.2 Å². The van der Waals surface area contributed by atoms with Gasteiger partial charge in [-0.3, -0.25) is 4.79 Å². The van der Waals surface area contributed by atoms with Gasteiger partial charge in [0.05, 0.1) is 23.8 Å². The fourth-order valence-electron chi connectivity index (χ4n) is 3.13. The minimum atomic E-state index is -1.13. The summed E-state index contributed by atoms with van der Waals surface area (Å²) in [4.78, 5) is 29.5. The quantitative estimate of drug-likeness (QED) is 0.594. The van der Waals surface area contributed by atoms with E-state index in [0.717, 1.165) is 0 Å². The summed E-state index contributed by atoms with van der Waals surface area (Å²) in [5.41, 5.74) is 6.00. The second-order valence-corrected chi connectivity index (χ2v) is 7.19. The van der Waals surface area contributed by atoms with E-state index < -0.39 is 11.9 Å². The minimum Gasteiger partial charge on any atom is -0.416 e. The Labute approximate surface area is 186 Å². The van der Waals surface area contributed by atoms with E-state index in [2.05, 4.69) is 10.3 Å². The molecule has 3 N–H and O–H groups in total. The molecule has 0 radical (unpaired) electrons. The highest BCUT2D eigenvalue weighted by Crippen LogP contribution is 2.37. The van der Waals surface area contributed by atoms with Crippen molar-refractivity contribution in [2.75, 3.05) is 31.6 Å². The lowest BCUT2D eigenvalue weighted by Crippen LogP contribution is -2.40. The van der Waals surface area contributed by atoms with Crippen molar-refractivity contribution in [3.63, 3.8) is 0 Å². The number of primary amides is 1. The molecular weight excluding hydrogens is 443 g/mol. The molecule has 9 nitrogen and oxygen atoms in total. The molecule has 1 saturated heterocycles. The summed E-state index contributed by atoms with van der Waals surface area (Å²) in [5.74, 6) is -1.35. The SMILES string of the molecule is NC(=O)Oc1nc(-c2c(F)cccc2Cl)oc1Nc1ccc(C(=O)N2CCOCC2)cc1. The summed E-state index contributed by atoms with van der Waals surface area (Å²) in [6.45, 7) is 2.08. The van der Waals surface area contributed by atoms with Crippen molar-refractivity contribution in [1.29, 1.82) is 0 Å². The topological polar surface area (TPSA) is 120 Å². The Morgan fingerprint density at radius 1 is 1.16 bits per heavy atom. The number of halogens is 2. The van der Waals surface area contributed by atoms with E-state index >= 15 is 0 Å². The summed E-state index contributed by atoms with van der Waals surface area (Å²) in [6.07, 6.45) is -1.13. The van der Waals surface area contributed by atoms with E-state index in [-0.39, 0.29) is 34.1 Å². The molecule has 2 amide bonds. The molecule has 0 spiro atoms. The average Bonchev–Trinajstić information content (AvgIpc) is 3.15. The summed E-state index contributed by atoms with van der Waals surface area (Å²) in [7, 11) is 0. The first-order chi connectivity index (χ1) is 15.4. The van der Waals surface area contributed by atoms with Gasteiger partial charge in [0.25, 0.3) is 17.7 Å². The number of nitrogens with zero attached hydrogens (tertiary/aromatic N) is 2. The zero-order valence-corrected chi connectivity index (χ0v) is 17.4. The minimum absolute atomic E-state index is 0.0643. The molecule has 1 aliphatic heterocycles. The Balaban J connectivity index is 1.58. The Morgan fingerprint density at radius 3 is 2.53 bits per heavy atom. The van der Waals surface area contributed by atoms with Crippen LogP contribution in [-0.2, 0) is 4.74 Å². The van der Waals surface area contributed by atoms with Gasteiger partial charge in [0, 0.05) is 24.3 Å². The van der Waals surface area contributed by atoms with Crippen molar-refractivity contribution in [2.24, 2.45) is 5.73 Å². The van der Waals surface area contributed by atoms with E-state index in [0.29, 0.717) is 37.6 Å². The highest BCUT2D eigenvalue weighted by molar-refractivity contribution is 6.33. The monoisotopic (exact) mass is 460 g/mol. The number of morpholine rings is 1. The number of nitrogens with two attached hydrogens (primary N) is 1. The third-order valence-corrected chi connectivity index (χ3v) is 4.97. The van der Waals surface area contributed by atoms with Gasteiger partial charge in [-0.2, -0.15) is 4.98 Å². The largest absolute Gasteiger partial charge is 0.416 e. The molecule has 0 unspecified atom stereocenters. The Kier molecular flexibility index (Phi) is 6.24. The smallest absolute Gasteiger partial charge is 0.411 e. The van der Waals surface area contributed by atoms with Crippen molar-refractivity contribution >= 4 is 35.2 Å². The van der Waals surface area contributed by atoms with Crippen molar-refractivity contribution in [1.82, 2.24) is 9.88 Å². The first-order valence-corrected chi connectivity index (χ1v) is 9.97. The lowest BCUT2D eigenvalue weighted by atomic mass is 10.1. The summed E-state index contributed by atoms with van der Waals surface area (Å²) < 4.78 is 30.0. The molecule has 1 fully saturated rings. The molecule has 3 aromatic rings. The second-order valence-electron chi connectivity index (χ2n) is 6.78. The zero-order valence-electron chi connectivity index (χ0n) is 16.6. The van der Waals surface area contributed by atoms with E-state index in [4.69, 9.17) is 31.2 Å². The van der Waals surface area contributed by atoms with Gasteiger partial charge in [0.15, 0.2) is 0 Å². The molecule has 4 rings (SSSR count). The van der Waals surface area contributed by atoms with Gasteiger partial charge in [-0.25, -0.2) is 9.18 Å². The van der Waals surface area contributed by atoms with Crippen LogP contribution in [-0.4, -0.2) is 48.2 Å². The van der Waals surface area contributed by atoms with Gasteiger partial charge in [-0.1, -0.05) is 17.7 Å². The van der Waals surface area contributed by atoms with Crippen molar-refractivity contribution in [3.05, 3.63) is 58.9 Å². The third kappa shape index (κ3) is 4.66. The fraction of sp³-hybridized carbons (Fsp3) is 0.190. The van der Waals surface area contributed by atoms with Crippen LogP contribution in [0.3, 0.4) is 0 Å². The lowest BCUT2D eigenvalue weighted by Gasteiger charge is -2.26. The highest BCUT2D eigenvalue weighted by atomic mass is 35.5. The summed E-state index contributed by atoms with van der Waals surface area (Å²) >= 11 is 6.07. The number of hydrogen-bond acceptors (Lipinski definition) is 7. The first kappa shape index (κ1) is 21.6. The molecule has 0 aliphatic carbocycles. The van der Waals surface area contributed by atoms with Crippen molar-refractivity contribution < 1.29 is 27.9 Å². The number of benzene rings is 2. The van der Waals surface area contributed by atoms with Gasteiger partial charge in [0.1, 0.15) is 5.82 Å². The van der Waals surface area contributed by atoms with Crippen LogP contribution in [0.25, 0.3) is 11.5 Å². The lowest BCUT2D eigenvalue weighted by molar-refractivity contribution is 0.0303. The molecule has 2 aromatic carbocycles. The number of hydrogen-bond donors (Lipinski definition) is 2. The highest BCUT2D eigenvalue weighted by Gasteiger charge is 2.23. The zero-order chi connectivity index (χ0) is 22.7. The first-order valence-electron chi connectivity index (χ1n) is 9.59. The number of rotatable bonds is 5. The molecular formula is C21H18ClFN4O5. The maximum absolute atomic E-state index is 14.3. The summed E-state index contributed by atoms with van der Waals surface area (Å²) in [6, 6.07) is 10.6. The van der Waals surface area contributed by atoms with Crippen LogP contribution in [0.2, 0.25) is 5.02 Å². The Morgan fingerprint density at radius 2 is 1.88 bits per heavy atom. The van der Waals surface area contributed by atoms with E-state index in [1.54, 1.807) is 29.2 Å². The third-order valence-electron chi connectivity index (χ3n) is 4.66. The molecule has 0 bridgehead atoms. The normalized spacial score (nSPS) is 13.6. The van der Waals surface area contributed by atoms with Gasteiger partial charge >= 0.3 is 6.09 Å². The van der Waals surface area contributed by atoms with Crippen LogP contribution in [0.1, 0.15) is 10.4 Å². The molecule has 0 saturated carbocycles. The molecule has 2 heterocycles. The molecule has 166 valence electrons. The van der Waals surface area contributed by atoms with Crippen LogP contribution in [0, 0.1) is 5.82 Å². The number of carbonyl (C=O) groups is 2. The van der Waals surface area contributed by atoms with Crippen molar-refractivity contribution in [2.45, 2.75) is 0 Å². The van der Waals surface area contributed by atoms with Crippen LogP contribution in [0.4, 0.5) is 20.8 Å². The molecule has 0 atom stereocenters. The van der Waals surface area contributed by atoms with E-state index in [1.807, 2.05) is 0 Å². The average molecular weight is 461 g/mol. The van der Waals surface area contributed by atoms with Crippen LogP contribution < -0.4 is 15.8 Å². The molecule has 11 heteroatoms. The van der Waals surface area contributed by atoms with Gasteiger partial charge in [-0.05, 0) is 36.4 Å². The standard InChI is InChI=1S/C21H18ClFN4O5/c22-14-2-1-3-15(23)16(14)17-26-19(32-21(24)29)18(31-17)25-13-6-4-12(5-7-13)20(28)27-8-10-30-11-9-27/h1-7,25H,8-11H2,(H2,24,29). The Hall–Kier alpha value is -3.63. The maximum atomic E-state index is 14.3. The van der Waals surface area contributed by atoms with Gasteiger partial charge in [-0.15, -0.1) is 0 Å². The van der Waals surface area contributed by atoms with Crippen molar-refractivity contribution in [3.8, 4) is 17.3 Å². The number of nitrogens with one attached hydrogen (secondary N) is 1. The van der Waals surface area contributed by atoms with Crippen LogP contribution >= 0.6 is 11.6 Å². The molecule has 32 heavy (non-hydrogen) atoms. The number of carbonyl (C=O) groups excluding carboxylic acids is 2. The van der Waals surface area contributed by atoms with Gasteiger partial charge < -0.3 is 29.8 Å². The van der Waals surface area contributed by atoms with E-state index in [9.17, 15) is 14.0 Å². The molecule has 1 aliphatic rings. The predicted octanol–water partition coefficient (Wildman–Crippen LogP) is 3.81. The Bertz CT molecular complexity index is 1130. The predicted molar refractivity (Wildman–Crippen MR) is 114 cm³/mol. The number of anilines is 2. The number of ether oxygens (including phenoxy) is 2.